The van der Waals surface area contributed by atoms with Gasteiger partial charge in [-0.15, -0.1) is 0 Å². The molecule has 1 aromatic heterocycles. The highest BCUT2D eigenvalue weighted by molar-refractivity contribution is 6.04. The lowest BCUT2D eigenvalue weighted by atomic mass is 10.0. The molecular formula is C22H25NO9. The van der Waals surface area contributed by atoms with Gasteiger partial charge in [-0.2, -0.15) is 0 Å². The number of amides is 1. The zero-order valence-electron chi connectivity index (χ0n) is 17.3. The number of benzene rings is 2. The fourth-order valence-electron chi connectivity index (χ4n) is 3.26. The maximum absolute atomic E-state index is 12.3. The first-order valence-electron chi connectivity index (χ1n) is 9.88. The summed E-state index contributed by atoms with van der Waals surface area (Å²) in [4.78, 5) is 25.6. The van der Waals surface area contributed by atoms with Crippen molar-refractivity contribution in [3.8, 4) is 5.75 Å². The molecule has 172 valence electrons. The van der Waals surface area contributed by atoms with Crippen molar-refractivity contribution in [3.05, 3.63) is 52.9 Å². The van der Waals surface area contributed by atoms with E-state index in [2.05, 4.69) is 0 Å². The number of ether oxygens (including phenoxy) is 1. The third-order valence-electron chi connectivity index (χ3n) is 5.17. The van der Waals surface area contributed by atoms with Gasteiger partial charge in [0.2, 0.25) is 0 Å². The molecule has 0 bridgehead atoms. The van der Waals surface area contributed by atoms with Gasteiger partial charge in [-0.05, 0) is 23.6 Å². The van der Waals surface area contributed by atoms with Crippen LogP contribution in [0, 0.1) is 0 Å². The normalized spacial score (nSPS) is 15.3. The van der Waals surface area contributed by atoms with Crippen LogP contribution in [0.1, 0.15) is 0 Å². The molecule has 4 atom stereocenters. The standard InChI is InChI=1S/C22H25NO9/c1-23(9-16(25)20(28)21(29)17(26)10-24)19(27)11-31-12-6-7-14-13-4-2-3-5-15(13)22(30)32-18(14)8-12/h2-8,16-17,20-21,24-26,28-29H,9-11H2,1H3/t16-,17+,20-,21+/m0/s1. The van der Waals surface area contributed by atoms with E-state index < -0.39 is 49.2 Å². The molecular weight excluding hydrogens is 422 g/mol. The number of fused-ring (bicyclic) bond motifs is 3. The van der Waals surface area contributed by atoms with Gasteiger partial charge in [-0.1, -0.05) is 18.2 Å². The van der Waals surface area contributed by atoms with Gasteiger partial charge < -0.3 is 39.6 Å². The van der Waals surface area contributed by atoms with Gasteiger partial charge >= 0.3 is 5.63 Å². The Morgan fingerprint density at radius 3 is 2.34 bits per heavy atom. The van der Waals surface area contributed by atoms with Crippen LogP contribution in [0.5, 0.6) is 5.75 Å². The van der Waals surface area contributed by atoms with Crippen LogP contribution in [-0.2, 0) is 4.79 Å². The maximum atomic E-state index is 12.3. The zero-order chi connectivity index (χ0) is 23.4. The second kappa shape index (κ2) is 10.1. The fraction of sp³-hybridized carbons (Fsp3) is 0.364. The number of aliphatic hydroxyl groups excluding tert-OH is 5. The molecule has 5 N–H and O–H groups in total. The lowest BCUT2D eigenvalue weighted by molar-refractivity contribution is -0.139. The van der Waals surface area contributed by atoms with E-state index in [9.17, 15) is 30.0 Å². The minimum Gasteiger partial charge on any atom is -0.484 e. The Balaban J connectivity index is 1.64. The summed E-state index contributed by atoms with van der Waals surface area (Å²) in [5.74, 6) is -0.242. The van der Waals surface area contributed by atoms with E-state index in [4.69, 9.17) is 14.3 Å². The molecule has 0 spiro atoms. The predicted molar refractivity (Wildman–Crippen MR) is 114 cm³/mol. The van der Waals surface area contributed by atoms with Crippen LogP contribution in [0.2, 0.25) is 0 Å². The van der Waals surface area contributed by atoms with E-state index in [1.165, 1.54) is 13.1 Å². The Morgan fingerprint density at radius 1 is 1.00 bits per heavy atom. The first-order chi connectivity index (χ1) is 15.2. The molecule has 3 rings (SSSR count). The van der Waals surface area contributed by atoms with Crippen LogP contribution in [0.4, 0.5) is 0 Å². The van der Waals surface area contributed by atoms with Gasteiger partial charge in [-0.25, -0.2) is 4.79 Å². The smallest absolute Gasteiger partial charge is 0.344 e. The average Bonchev–Trinajstić information content (AvgIpc) is 2.80. The summed E-state index contributed by atoms with van der Waals surface area (Å²) in [5, 5.41) is 49.6. The monoisotopic (exact) mass is 447 g/mol. The number of rotatable bonds is 9. The third kappa shape index (κ3) is 5.06. The fourth-order valence-corrected chi connectivity index (χ4v) is 3.26. The van der Waals surface area contributed by atoms with E-state index in [1.54, 1.807) is 24.3 Å². The minimum atomic E-state index is -1.78. The Hall–Kier alpha value is -3.02. The summed E-state index contributed by atoms with van der Waals surface area (Å²) in [6.45, 7) is -1.54. The quantitative estimate of drug-likeness (QED) is 0.209. The van der Waals surface area contributed by atoms with E-state index in [0.29, 0.717) is 16.7 Å². The molecule has 0 aliphatic rings. The predicted octanol–water partition coefficient (Wildman–Crippen LogP) is -0.781. The van der Waals surface area contributed by atoms with Crippen molar-refractivity contribution in [2.75, 3.05) is 26.8 Å². The molecule has 10 heteroatoms. The molecule has 0 saturated heterocycles. The number of aliphatic hydroxyl groups is 5. The van der Waals surface area contributed by atoms with Crippen LogP contribution in [0.15, 0.2) is 51.7 Å². The summed E-state index contributed by atoms with van der Waals surface area (Å²) >= 11 is 0. The molecule has 0 aliphatic heterocycles. The van der Waals surface area contributed by atoms with Gasteiger partial charge in [0.15, 0.2) is 6.61 Å². The Morgan fingerprint density at radius 2 is 1.66 bits per heavy atom. The van der Waals surface area contributed by atoms with Crippen molar-refractivity contribution in [2.24, 2.45) is 0 Å². The second-order valence-electron chi connectivity index (χ2n) is 7.45. The summed E-state index contributed by atoms with van der Waals surface area (Å²) in [5.41, 5.74) is -0.177. The number of carbonyl (C=O) groups is 1. The van der Waals surface area contributed by atoms with Crippen LogP contribution in [-0.4, -0.2) is 87.6 Å². The summed E-state index contributed by atoms with van der Waals surface area (Å²) in [7, 11) is 1.36. The molecule has 0 aliphatic carbocycles. The van der Waals surface area contributed by atoms with E-state index in [1.807, 2.05) is 12.1 Å². The molecule has 0 radical (unpaired) electrons. The Kier molecular flexibility index (Phi) is 7.44. The van der Waals surface area contributed by atoms with E-state index in [-0.39, 0.29) is 6.54 Å². The highest BCUT2D eigenvalue weighted by Gasteiger charge is 2.31. The highest BCUT2D eigenvalue weighted by Crippen LogP contribution is 2.26. The number of carbonyl (C=O) groups excluding carboxylic acids is 1. The number of likely N-dealkylation sites (N-methyl/N-ethyl adjacent to an activating group) is 1. The maximum Gasteiger partial charge on any atom is 0.344 e. The van der Waals surface area contributed by atoms with Gasteiger partial charge in [0, 0.05) is 25.0 Å². The Labute approximate surface area is 182 Å². The molecule has 1 amide bonds. The average molecular weight is 447 g/mol. The van der Waals surface area contributed by atoms with Gasteiger partial charge in [0.1, 0.15) is 35.7 Å². The SMILES string of the molecule is CN(C[C@H](O)[C@H](O)[C@H](O)[C@H](O)CO)C(=O)COc1ccc2c(c1)oc(=O)c1ccccc12. The first kappa shape index (κ1) is 23.6. The Bertz CT molecular complexity index is 1150. The topological polar surface area (TPSA) is 161 Å². The van der Waals surface area contributed by atoms with Crippen LogP contribution >= 0.6 is 0 Å². The van der Waals surface area contributed by atoms with Crippen molar-refractivity contribution in [1.82, 2.24) is 4.90 Å². The molecule has 0 saturated carbocycles. The summed E-state index contributed by atoms with van der Waals surface area (Å²) in [6, 6.07) is 11.9. The third-order valence-corrected chi connectivity index (χ3v) is 5.17. The van der Waals surface area contributed by atoms with Crippen molar-refractivity contribution >= 4 is 27.6 Å². The molecule has 1 heterocycles. The van der Waals surface area contributed by atoms with Crippen LogP contribution in [0.3, 0.4) is 0 Å². The first-order valence-corrected chi connectivity index (χ1v) is 9.88. The lowest BCUT2D eigenvalue weighted by Crippen LogP contribution is -2.50. The zero-order valence-corrected chi connectivity index (χ0v) is 17.3. The van der Waals surface area contributed by atoms with Gasteiger partial charge in [0.25, 0.3) is 5.91 Å². The summed E-state index contributed by atoms with van der Waals surface area (Å²) in [6.07, 6.45) is -6.75. The molecule has 2 aromatic carbocycles. The van der Waals surface area contributed by atoms with Crippen molar-refractivity contribution in [2.45, 2.75) is 24.4 Å². The molecule has 0 unspecified atom stereocenters. The van der Waals surface area contributed by atoms with Gasteiger partial charge in [0.05, 0.1) is 12.0 Å². The molecule has 10 nitrogen and oxygen atoms in total. The van der Waals surface area contributed by atoms with Crippen molar-refractivity contribution < 1.29 is 39.5 Å². The summed E-state index contributed by atoms with van der Waals surface area (Å²) < 4.78 is 10.8. The highest BCUT2D eigenvalue weighted by atomic mass is 16.5. The van der Waals surface area contributed by atoms with E-state index >= 15 is 0 Å². The van der Waals surface area contributed by atoms with Crippen LogP contribution in [0.25, 0.3) is 21.7 Å². The van der Waals surface area contributed by atoms with E-state index in [0.717, 1.165) is 15.7 Å². The largest absolute Gasteiger partial charge is 0.484 e. The number of nitrogens with zero attached hydrogens (tertiary/aromatic N) is 1. The molecule has 3 aromatic rings. The molecule has 32 heavy (non-hydrogen) atoms. The number of hydrogen-bond acceptors (Lipinski definition) is 9. The lowest BCUT2D eigenvalue weighted by Gasteiger charge is -2.28. The van der Waals surface area contributed by atoms with Crippen molar-refractivity contribution in [1.29, 1.82) is 0 Å². The van der Waals surface area contributed by atoms with Crippen molar-refractivity contribution in [3.63, 3.8) is 0 Å². The molecule has 0 fully saturated rings. The second-order valence-corrected chi connectivity index (χ2v) is 7.45. The van der Waals surface area contributed by atoms with Crippen LogP contribution < -0.4 is 10.4 Å². The number of hydrogen-bond donors (Lipinski definition) is 5. The van der Waals surface area contributed by atoms with Gasteiger partial charge in [-0.3, -0.25) is 4.79 Å². The minimum absolute atomic E-state index is 0.291.